The van der Waals surface area contributed by atoms with Gasteiger partial charge in [-0.2, -0.15) is 18.3 Å². The van der Waals surface area contributed by atoms with Crippen molar-refractivity contribution in [2.45, 2.75) is 13.1 Å². The van der Waals surface area contributed by atoms with Gasteiger partial charge in [-0.3, -0.25) is 4.98 Å². The van der Waals surface area contributed by atoms with Crippen LogP contribution in [0.4, 0.5) is 17.6 Å². The summed E-state index contributed by atoms with van der Waals surface area (Å²) in [5, 5.41) is 3.45. The second-order valence-electron chi connectivity index (χ2n) is 3.86. The molecule has 0 saturated carbocycles. The van der Waals surface area contributed by atoms with Crippen LogP contribution < -0.4 is 0 Å². The minimum atomic E-state index is -4.91. The lowest BCUT2D eigenvalue weighted by molar-refractivity contribution is -0.143. The highest BCUT2D eigenvalue weighted by molar-refractivity contribution is 5.90. The number of rotatable bonds is 3. The van der Waals surface area contributed by atoms with E-state index in [0.717, 1.165) is 18.5 Å². The third-order valence-corrected chi connectivity index (χ3v) is 2.51. The standard InChI is InChI=1S/C12H9F4N3O2/c1-2-21-11(20)7-5-18-19(10(7)12(14,15)16)9-3-4-17-6-8(9)13/h3-6H,2H2,1H3. The van der Waals surface area contributed by atoms with Gasteiger partial charge in [-0.15, -0.1) is 0 Å². The van der Waals surface area contributed by atoms with Gasteiger partial charge >= 0.3 is 12.1 Å². The van der Waals surface area contributed by atoms with Crippen LogP contribution in [0.3, 0.4) is 0 Å². The molecule has 0 aromatic carbocycles. The average molecular weight is 303 g/mol. The largest absolute Gasteiger partial charge is 0.462 e. The predicted molar refractivity (Wildman–Crippen MR) is 62.3 cm³/mol. The molecule has 0 unspecified atom stereocenters. The maximum atomic E-state index is 13.6. The Bertz CT molecular complexity index is 667. The number of carbonyl (C=O) groups excluding carboxylic acids is 1. The molecule has 2 heterocycles. The number of hydrogen-bond acceptors (Lipinski definition) is 4. The number of halogens is 4. The van der Waals surface area contributed by atoms with Crippen LogP contribution in [0.1, 0.15) is 23.0 Å². The third-order valence-electron chi connectivity index (χ3n) is 2.51. The highest BCUT2D eigenvalue weighted by atomic mass is 19.4. The molecule has 0 aliphatic heterocycles. The first kappa shape index (κ1) is 14.9. The lowest BCUT2D eigenvalue weighted by Crippen LogP contribution is -2.19. The van der Waals surface area contributed by atoms with Crippen molar-refractivity contribution in [3.63, 3.8) is 0 Å². The zero-order valence-electron chi connectivity index (χ0n) is 10.7. The number of hydrogen-bond donors (Lipinski definition) is 0. The van der Waals surface area contributed by atoms with Gasteiger partial charge in [0, 0.05) is 6.20 Å². The van der Waals surface area contributed by atoms with E-state index in [2.05, 4.69) is 14.8 Å². The minimum Gasteiger partial charge on any atom is -0.462 e. The highest BCUT2D eigenvalue weighted by Gasteiger charge is 2.41. The number of pyridine rings is 1. The van der Waals surface area contributed by atoms with Gasteiger partial charge in [0.1, 0.15) is 11.3 Å². The molecule has 0 atom stereocenters. The number of nitrogens with zero attached hydrogens (tertiary/aromatic N) is 3. The summed E-state index contributed by atoms with van der Waals surface area (Å²) in [5.41, 5.74) is -2.64. The van der Waals surface area contributed by atoms with E-state index in [0.29, 0.717) is 10.9 Å². The number of carbonyl (C=O) groups is 1. The highest BCUT2D eigenvalue weighted by Crippen LogP contribution is 2.34. The molecular formula is C12H9F4N3O2. The molecule has 5 nitrogen and oxygen atoms in total. The zero-order valence-corrected chi connectivity index (χ0v) is 10.7. The fourth-order valence-electron chi connectivity index (χ4n) is 1.70. The second-order valence-corrected chi connectivity index (χ2v) is 3.86. The molecule has 0 aliphatic carbocycles. The summed E-state index contributed by atoms with van der Waals surface area (Å²) in [6.45, 7) is 1.36. The van der Waals surface area contributed by atoms with E-state index in [-0.39, 0.29) is 6.61 Å². The summed E-state index contributed by atoms with van der Waals surface area (Å²) >= 11 is 0. The van der Waals surface area contributed by atoms with Gasteiger partial charge in [0.05, 0.1) is 19.0 Å². The number of ether oxygens (including phenoxy) is 1. The molecule has 112 valence electrons. The molecular weight excluding hydrogens is 294 g/mol. The number of aromatic nitrogens is 3. The van der Waals surface area contributed by atoms with E-state index in [1.165, 1.54) is 6.92 Å². The van der Waals surface area contributed by atoms with Crippen molar-refractivity contribution < 1.29 is 27.1 Å². The molecule has 2 aromatic rings. The maximum absolute atomic E-state index is 13.6. The van der Waals surface area contributed by atoms with Crippen molar-refractivity contribution in [3.05, 3.63) is 41.7 Å². The molecule has 0 N–H and O–H groups in total. The van der Waals surface area contributed by atoms with Gasteiger partial charge in [0.25, 0.3) is 0 Å². The summed E-state index contributed by atoms with van der Waals surface area (Å²) in [5.74, 6) is -2.17. The molecule has 0 aliphatic rings. The van der Waals surface area contributed by atoms with Gasteiger partial charge in [0.2, 0.25) is 0 Å². The van der Waals surface area contributed by atoms with Crippen molar-refractivity contribution in [2.75, 3.05) is 6.61 Å². The van der Waals surface area contributed by atoms with Gasteiger partial charge in [-0.05, 0) is 13.0 Å². The van der Waals surface area contributed by atoms with Crippen LogP contribution in [0.2, 0.25) is 0 Å². The van der Waals surface area contributed by atoms with Crippen LogP contribution >= 0.6 is 0 Å². The molecule has 0 radical (unpaired) electrons. The molecule has 0 fully saturated rings. The first-order valence-electron chi connectivity index (χ1n) is 5.78. The summed E-state index contributed by atoms with van der Waals surface area (Å²) in [6, 6.07) is 1.02. The van der Waals surface area contributed by atoms with Crippen LogP contribution in [-0.4, -0.2) is 27.3 Å². The van der Waals surface area contributed by atoms with Crippen molar-refractivity contribution in [1.82, 2.24) is 14.8 Å². The Morgan fingerprint density at radius 1 is 1.38 bits per heavy atom. The van der Waals surface area contributed by atoms with Crippen LogP contribution in [0.5, 0.6) is 0 Å². The summed E-state index contributed by atoms with van der Waals surface area (Å²) in [7, 11) is 0. The van der Waals surface area contributed by atoms with E-state index in [4.69, 9.17) is 0 Å². The lowest BCUT2D eigenvalue weighted by Gasteiger charge is -2.12. The summed E-state index contributed by atoms with van der Waals surface area (Å²) in [4.78, 5) is 15.0. The van der Waals surface area contributed by atoms with Gasteiger partial charge in [-0.25, -0.2) is 13.9 Å². The zero-order chi connectivity index (χ0) is 15.6. The molecule has 0 bridgehead atoms. The Kier molecular flexibility index (Phi) is 3.92. The van der Waals surface area contributed by atoms with Crippen LogP contribution in [-0.2, 0) is 10.9 Å². The van der Waals surface area contributed by atoms with E-state index < -0.39 is 34.9 Å². The van der Waals surface area contributed by atoms with Gasteiger partial charge < -0.3 is 4.74 Å². The Labute approximate surface area is 116 Å². The van der Waals surface area contributed by atoms with Crippen LogP contribution in [0.15, 0.2) is 24.7 Å². The topological polar surface area (TPSA) is 57.0 Å². The fraction of sp³-hybridized carbons (Fsp3) is 0.250. The smallest absolute Gasteiger partial charge is 0.434 e. The van der Waals surface area contributed by atoms with Crippen LogP contribution in [0.25, 0.3) is 5.69 Å². The maximum Gasteiger partial charge on any atom is 0.434 e. The lowest BCUT2D eigenvalue weighted by atomic mass is 10.2. The first-order valence-corrected chi connectivity index (χ1v) is 5.78. The Hall–Kier alpha value is -2.45. The predicted octanol–water partition coefficient (Wildman–Crippen LogP) is 2.60. The number of esters is 1. The van der Waals surface area contributed by atoms with Crippen LogP contribution in [0, 0.1) is 5.82 Å². The Balaban J connectivity index is 2.64. The van der Waals surface area contributed by atoms with E-state index in [1.54, 1.807) is 0 Å². The second kappa shape index (κ2) is 5.51. The third kappa shape index (κ3) is 2.86. The number of alkyl halides is 3. The Morgan fingerprint density at radius 2 is 2.10 bits per heavy atom. The van der Waals surface area contributed by atoms with Crippen molar-refractivity contribution >= 4 is 5.97 Å². The summed E-state index contributed by atoms with van der Waals surface area (Å²) < 4.78 is 57.9. The molecule has 0 saturated heterocycles. The monoisotopic (exact) mass is 303 g/mol. The van der Waals surface area contributed by atoms with Crippen molar-refractivity contribution in [3.8, 4) is 5.69 Å². The van der Waals surface area contributed by atoms with E-state index in [1.807, 2.05) is 0 Å². The molecule has 2 aromatic heterocycles. The molecule has 21 heavy (non-hydrogen) atoms. The molecule has 9 heteroatoms. The van der Waals surface area contributed by atoms with Crippen molar-refractivity contribution in [2.24, 2.45) is 0 Å². The fourth-order valence-corrected chi connectivity index (χ4v) is 1.70. The minimum absolute atomic E-state index is 0.0923. The average Bonchev–Trinajstić information content (AvgIpc) is 2.84. The van der Waals surface area contributed by atoms with Gasteiger partial charge in [-0.1, -0.05) is 0 Å². The van der Waals surface area contributed by atoms with Crippen molar-refractivity contribution in [1.29, 1.82) is 0 Å². The van der Waals surface area contributed by atoms with E-state index >= 15 is 0 Å². The molecule has 0 amide bonds. The Morgan fingerprint density at radius 3 is 2.67 bits per heavy atom. The molecule has 2 rings (SSSR count). The normalized spacial score (nSPS) is 11.5. The quantitative estimate of drug-likeness (QED) is 0.646. The van der Waals surface area contributed by atoms with E-state index in [9.17, 15) is 22.4 Å². The van der Waals surface area contributed by atoms with Gasteiger partial charge in [0.15, 0.2) is 11.5 Å². The summed E-state index contributed by atoms with van der Waals surface area (Å²) in [6.07, 6.45) is -2.35. The molecule has 0 spiro atoms. The SMILES string of the molecule is CCOC(=O)c1cnn(-c2ccncc2F)c1C(F)(F)F. The first-order chi connectivity index (χ1) is 9.86.